The molecule has 29 heavy (non-hydrogen) atoms. The van der Waals surface area contributed by atoms with Crippen LogP contribution >= 0.6 is 23.2 Å². The number of aliphatic imine (C=N–C) groups is 1. The molecule has 0 aromatic heterocycles. The Kier molecular flexibility index (Phi) is 6.91. The monoisotopic (exact) mass is 421 g/mol. The number of rotatable bonds is 3. The van der Waals surface area contributed by atoms with E-state index in [2.05, 4.69) is 22.2 Å². The number of nitrogens with one attached hydrogen (secondary N) is 1. The molecule has 0 spiro atoms. The number of nitrogens with two attached hydrogens (primary N) is 1. The standard InChI is InChI=1S/C23H17Cl2N3O/c24-19-11-7-17(8-12-19)21(15-6-16-4-2-1-3-5-16)27-23(26)28-22(29)18-9-13-20(25)14-10-18/h1-5,7-14,21H,(H3,26,27,28,29). The van der Waals surface area contributed by atoms with Gasteiger partial charge in [-0.2, -0.15) is 0 Å². The first-order valence-corrected chi connectivity index (χ1v) is 9.49. The lowest BCUT2D eigenvalue weighted by molar-refractivity contribution is 0.0976. The van der Waals surface area contributed by atoms with Crippen molar-refractivity contribution < 1.29 is 4.79 Å². The first kappa shape index (κ1) is 20.5. The SMILES string of the molecule is NC(=NC(C#Cc1ccccc1)c1ccc(Cl)cc1)NC(=O)c1ccc(Cl)cc1. The Bertz CT molecular complexity index is 1070. The summed E-state index contributed by atoms with van der Waals surface area (Å²) in [6, 6.07) is 22.6. The van der Waals surface area contributed by atoms with Crippen LogP contribution in [0.5, 0.6) is 0 Å². The molecule has 3 aromatic carbocycles. The lowest BCUT2D eigenvalue weighted by Crippen LogP contribution is -2.37. The van der Waals surface area contributed by atoms with E-state index in [1.165, 1.54) is 0 Å². The van der Waals surface area contributed by atoms with Crippen molar-refractivity contribution in [1.82, 2.24) is 5.32 Å². The van der Waals surface area contributed by atoms with Gasteiger partial charge in [0.1, 0.15) is 6.04 Å². The zero-order valence-electron chi connectivity index (χ0n) is 15.3. The van der Waals surface area contributed by atoms with Crippen LogP contribution in [0.2, 0.25) is 10.0 Å². The minimum atomic E-state index is -0.571. The summed E-state index contributed by atoms with van der Waals surface area (Å²) in [7, 11) is 0. The molecule has 0 fully saturated rings. The maximum atomic E-state index is 12.3. The zero-order valence-corrected chi connectivity index (χ0v) is 16.8. The number of carbonyl (C=O) groups excluding carboxylic acids is 1. The van der Waals surface area contributed by atoms with Crippen molar-refractivity contribution in [2.45, 2.75) is 6.04 Å². The number of halogens is 2. The highest BCUT2D eigenvalue weighted by Crippen LogP contribution is 2.19. The van der Waals surface area contributed by atoms with Gasteiger partial charge in [-0.1, -0.05) is 65.4 Å². The van der Waals surface area contributed by atoms with Gasteiger partial charge in [-0.25, -0.2) is 4.99 Å². The molecule has 144 valence electrons. The Morgan fingerprint density at radius 2 is 1.48 bits per heavy atom. The van der Waals surface area contributed by atoms with Gasteiger partial charge in [-0.05, 0) is 54.1 Å². The summed E-state index contributed by atoms with van der Waals surface area (Å²) < 4.78 is 0. The quantitative estimate of drug-likeness (QED) is 0.361. The molecule has 0 bridgehead atoms. The molecule has 4 nitrogen and oxygen atoms in total. The molecule has 1 atom stereocenters. The van der Waals surface area contributed by atoms with Gasteiger partial charge >= 0.3 is 0 Å². The van der Waals surface area contributed by atoms with E-state index >= 15 is 0 Å². The Hall–Kier alpha value is -3.26. The van der Waals surface area contributed by atoms with Crippen LogP contribution in [0.4, 0.5) is 0 Å². The van der Waals surface area contributed by atoms with Crippen molar-refractivity contribution in [3.8, 4) is 11.8 Å². The molecular formula is C23H17Cl2N3O. The highest BCUT2D eigenvalue weighted by Gasteiger charge is 2.11. The molecule has 3 aromatic rings. The first-order valence-electron chi connectivity index (χ1n) is 8.73. The van der Waals surface area contributed by atoms with E-state index in [1.807, 2.05) is 42.5 Å². The summed E-state index contributed by atoms with van der Waals surface area (Å²) in [5.41, 5.74) is 8.06. The summed E-state index contributed by atoms with van der Waals surface area (Å²) in [4.78, 5) is 16.7. The van der Waals surface area contributed by atoms with E-state index in [0.29, 0.717) is 15.6 Å². The van der Waals surface area contributed by atoms with E-state index in [0.717, 1.165) is 11.1 Å². The van der Waals surface area contributed by atoms with E-state index in [4.69, 9.17) is 28.9 Å². The molecule has 1 amide bonds. The van der Waals surface area contributed by atoms with Gasteiger partial charge in [0.2, 0.25) is 0 Å². The third-order valence-corrected chi connectivity index (χ3v) is 4.43. The second kappa shape index (κ2) is 9.79. The molecule has 1 unspecified atom stereocenters. The third kappa shape index (κ3) is 6.11. The predicted molar refractivity (Wildman–Crippen MR) is 118 cm³/mol. The highest BCUT2D eigenvalue weighted by atomic mass is 35.5. The molecule has 0 saturated heterocycles. The fraction of sp³-hybridized carbons (Fsp3) is 0.0435. The Balaban J connectivity index is 1.84. The normalized spacial score (nSPS) is 11.9. The molecule has 6 heteroatoms. The van der Waals surface area contributed by atoms with Crippen molar-refractivity contribution in [3.63, 3.8) is 0 Å². The summed E-state index contributed by atoms with van der Waals surface area (Å²) in [5, 5.41) is 3.73. The average Bonchev–Trinajstić information content (AvgIpc) is 2.73. The molecule has 0 aliphatic carbocycles. The smallest absolute Gasteiger partial charge is 0.257 e. The van der Waals surface area contributed by atoms with Crippen molar-refractivity contribution in [2.75, 3.05) is 0 Å². The number of nitrogens with zero attached hydrogens (tertiary/aromatic N) is 1. The van der Waals surface area contributed by atoms with Gasteiger partial charge in [-0.3, -0.25) is 10.1 Å². The predicted octanol–water partition coefficient (Wildman–Crippen LogP) is 4.83. The van der Waals surface area contributed by atoms with E-state index < -0.39 is 6.04 Å². The van der Waals surface area contributed by atoms with Crippen LogP contribution < -0.4 is 11.1 Å². The van der Waals surface area contributed by atoms with Gasteiger partial charge in [0.25, 0.3) is 5.91 Å². The first-order chi connectivity index (χ1) is 14.0. The second-order valence-corrected chi connectivity index (χ2v) is 6.94. The van der Waals surface area contributed by atoms with Gasteiger partial charge < -0.3 is 5.73 Å². The van der Waals surface area contributed by atoms with Crippen LogP contribution in [0.25, 0.3) is 0 Å². The molecule has 0 heterocycles. The molecule has 0 aliphatic rings. The third-order valence-electron chi connectivity index (χ3n) is 3.93. The van der Waals surface area contributed by atoms with Crippen LogP contribution in [0, 0.1) is 11.8 Å². The van der Waals surface area contributed by atoms with Crippen LogP contribution in [0.1, 0.15) is 27.5 Å². The van der Waals surface area contributed by atoms with Gasteiger partial charge in [-0.15, -0.1) is 0 Å². The Labute approximate surface area is 179 Å². The van der Waals surface area contributed by atoms with Gasteiger partial charge in [0.15, 0.2) is 5.96 Å². The topological polar surface area (TPSA) is 67.5 Å². The van der Waals surface area contributed by atoms with Crippen LogP contribution in [0.3, 0.4) is 0 Å². The lowest BCUT2D eigenvalue weighted by atomic mass is 10.1. The Morgan fingerprint density at radius 3 is 2.10 bits per heavy atom. The summed E-state index contributed by atoms with van der Waals surface area (Å²) in [6.07, 6.45) is 0. The summed E-state index contributed by atoms with van der Waals surface area (Å²) in [5.74, 6) is 5.76. The fourth-order valence-electron chi connectivity index (χ4n) is 2.47. The van der Waals surface area contributed by atoms with Crippen molar-refractivity contribution in [2.24, 2.45) is 10.7 Å². The fourth-order valence-corrected chi connectivity index (χ4v) is 2.72. The average molecular weight is 422 g/mol. The molecule has 0 saturated carbocycles. The highest BCUT2D eigenvalue weighted by molar-refractivity contribution is 6.30. The van der Waals surface area contributed by atoms with Crippen LogP contribution in [0.15, 0.2) is 83.9 Å². The van der Waals surface area contributed by atoms with Crippen molar-refractivity contribution in [1.29, 1.82) is 0 Å². The maximum Gasteiger partial charge on any atom is 0.257 e. The minimum Gasteiger partial charge on any atom is -0.370 e. The van der Waals surface area contributed by atoms with E-state index in [9.17, 15) is 4.79 Å². The van der Waals surface area contributed by atoms with Crippen molar-refractivity contribution >= 4 is 35.1 Å². The largest absolute Gasteiger partial charge is 0.370 e. The number of guanidine groups is 1. The molecule has 3 rings (SSSR count). The van der Waals surface area contributed by atoms with Crippen molar-refractivity contribution in [3.05, 3.63) is 106 Å². The number of benzene rings is 3. The summed E-state index contributed by atoms with van der Waals surface area (Å²) in [6.45, 7) is 0. The molecule has 3 N–H and O–H groups in total. The van der Waals surface area contributed by atoms with Gasteiger partial charge in [0, 0.05) is 21.2 Å². The minimum absolute atomic E-state index is 0.0349. The number of carbonyl (C=O) groups is 1. The number of hydrogen-bond acceptors (Lipinski definition) is 2. The molecule has 0 radical (unpaired) electrons. The maximum absolute atomic E-state index is 12.3. The van der Waals surface area contributed by atoms with E-state index in [1.54, 1.807) is 36.4 Å². The van der Waals surface area contributed by atoms with Crippen LogP contribution in [-0.4, -0.2) is 11.9 Å². The van der Waals surface area contributed by atoms with Crippen LogP contribution in [-0.2, 0) is 0 Å². The Morgan fingerprint density at radius 1 is 0.897 bits per heavy atom. The second-order valence-electron chi connectivity index (χ2n) is 6.06. The lowest BCUT2D eigenvalue weighted by Gasteiger charge is -2.10. The molecule has 0 aliphatic heterocycles. The number of amides is 1. The summed E-state index contributed by atoms with van der Waals surface area (Å²) >= 11 is 11.8. The van der Waals surface area contributed by atoms with Gasteiger partial charge in [0.05, 0.1) is 0 Å². The zero-order chi connectivity index (χ0) is 20.6. The van der Waals surface area contributed by atoms with E-state index in [-0.39, 0.29) is 11.9 Å². The molecular weight excluding hydrogens is 405 g/mol. The number of hydrogen-bond donors (Lipinski definition) is 2.